The van der Waals surface area contributed by atoms with Crippen LogP contribution in [0.5, 0.6) is 0 Å². The van der Waals surface area contributed by atoms with Gasteiger partial charge in [-0.05, 0) is 63.7 Å². The number of aromatic nitrogens is 4. The molecule has 0 aliphatic rings. The van der Waals surface area contributed by atoms with Gasteiger partial charge in [-0.3, -0.25) is 0 Å². The fourth-order valence-corrected chi connectivity index (χ4v) is 9.57. The lowest BCUT2D eigenvalue weighted by Crippen LogP contribution is -2.04. The summed E-state index contributed by atoms with van der Waals surface area (Å²) in [4.78, 5) is 15.8. The Hall–Kier alpha value is -9.19. The highest BCUT2D eigenvalue weighted by molar-refractivity contribution is 6.22. The van der Waals surface area contributed by atoms with E-state index >= 15 is 0 Å². The standard InChI is InChI=1S/C63H42N4O/c1-3-18-41(4-2)43-29-33-47(34-30-43)61-64-62(48-35-31-44(32-36-48)42-19-8-5-9-20-42)66-63(65-61)49-39-54(45-21-10-6-11-22-45)58(55(40-49)46-23-12-7-13-24-46)67-56-27-16-14-25-50(56)52-37-38-53-51-26-15-17-28-57(51)68-60(53)59(52)67/h3-40H,1-2H2/b41-18+. The van der Waals surface area contributed by atoms with E-state index in [1.165, 1.54) is 0 Å². The lowest BCUT2D eigenvalue weighted by atomic mass is 9.92. The lowest BCUT2D eigenvalue weighted by molar-refractivity contribution is 0.671. The van der Waals surface area contributed by atoms with E-state index in [0.717, 1.165) is 111 Å². The molecule has 0 saturated carbocycles. The van der Waals surface area contributed by atoms with E-state index in [-0.39, 0.29) is 0 Å². The molecule has 12 aromatic rings. The smallest absolute Gasteiger partial charge is 0.164 e. The van der Waals surface area contributed by atoms with Crippen LogP contribution in [0.15, 0.2) is 248 Å². The Morgan fingerprint density at radius 3 is 1.51 bits per heavy atom. The molecule has 0 unspecified atom stereocenters. The van der Waals surface area contributed by atoms with Crippen molar-refractivity contribution in [1.29, 1.82) is 0 Å². The summed E-state index contributed by atoms with van der Waals surface area (Å²) >= 11 is 0. The van der Waals surface area contributed by atoms with Gasteiger partial charge in [0.2, 0.25) is 0 Å². The second-order valence-corrected chi connectivity index (χ2v) is 16.8. The quantitative estimate of drug-likeness (QED) is 0.129. The molecule has 12 rings (SSSR count). The van der Waals surface area contributed by atoms with Crippen LogP contribution in [0.3, 0.4) is 0 Å². The van der Waals surface area contributed by atoms with E-state index in [2.05, 4.69) is 218 Å². The van der Waals surface area contributed by atoms with Crippen LogP contribution in [-0.4, -0.2) is 19.5 Å². The molecule has 0 fully saturated rings. The third-order valence-electron chi connectivity index (χ3n) is 12.8. The fourth-order valence-electron chi connectivity index (χ4n) is 9.57. The summed E-state index contributed by atoms with van der Waals surface area (Å²) in [5.74, 6) is 1.70. The molecule has 0 bridgehead atoms. The molecule has 5 nitrogen and oxygen atoms in total. The molecular formula is C63H42N4O. The summed E-state index contributed by atoms with van der Waals surface area (Å²) in [5.41, 5.74) is 15.8. The van der Waals surface area contributed by atoms with Gasteiger partial charge < -0.3 is 8.98 Å². The second-order valence-electron chi connectivity index (χ2n) is 16.8. The van der Waals surface area contributed by atoms with E-state index in [1.54, 1.807) is 6.08 Å². The molecule has 3 heterocycles. The molecule has 0 spiro atoms. The molecule has 0 atom stereocenters. The predicted octanol–water partition coefficient (Wildman–Crippen LogP) is 16.6. The van der Waals surface area contributed by atoms with Crippen molar-refractivity contribution in [2.75, 3.05) is 0 Å². The Balaban J connectivity index is 1.15. The first-order chi connectivity index (χ1) is 33.6. The van der Waals surface area contributed by atoms with Crippen molar-refractivity contribution in [2.24, 2.45) is 0 Å². The van der Waals surface area contributed by atoms with Crippen molar-refractivity contribution in [1.82, 2.24) is 19.5 Å². The molecule has 0 amide bonds. The zero-order chi connectivity index (χ0) is 45.6. The molecule has 0 N–H and O–H groups in total. The van der Waals surface area contributed by atoms with Gasteiger partial charge in [-0.1, -0.05) is 213 Å². The van der Waals surface area contributed by atoms with Gasteiger partial charge >= 0.3 is 0 Å². The monoisotopic (exact) mass is 870 g/mol. The van der Waals surface area contributed by atoms with Gasteiger partial charge in [-0.15, -0.1) is 0 Å². The molecule has 0 aliphatic heterocycles. The average Bonchev–Trinajstić information content (AvgIpc) is 3.96. The Bertz CT molecular complexity index is 3840. The fraction of sp³-hybridized carbons (Fsp3) is 0. The Kier molecular flexibility index (Phi) is 10.1. The maximum atomic E-state index is 6.86. The van der Waals surface area contributed by atoms with Crippen LogP contribution in [-0.2, 0) is 0 Å². The third kappa shape index (κ3) is 7.02. The minimum Gasteiger partial charge on any atom is -0.454 e. The summed E-state index contributed by atoms with van der Waals surface area (Å²) in [6.07, 6.45) is 5.57. The maximum absolute atomic E-state index is 6.86. The number of rotatable bonds is 10. The number of furan rings is 1. The molecule has 68 heavy (non-hydrogen) atoms. The highest BCUT2D eigenvalue weighted by atomic mass is 16.3. The van der Waals surface area contributed by atoms with Crippen molar-refractivity contribution in [2.45, 2.75) is 0 Å². The molecule has 5 heteroatoms. The summed E-state index contributed by atoms with van der Waals surface area (Å²) in [6, 6.07) is 74.3. The Morgan fingerprint density at radius 1 is 0.426 bits per heavy atom. The zero-order valence-electron chi connectivity index (χ0n) is 37.1. The van der Waals surface area contributed by atoms with Gasteiger partial charge in [0, 0.05) is 49.4 Å². The van der Waals surface area contributed by atoms with Crippen molar-refractivity contribution in [3.05, 3.63) is 249 Å². The van der Waals surface area contributed by atoms with Crippen LogP contribution >= 0.6 is 0 Å². The minimum atomic E-state index is 0.558. The topological polar surface area (TPSA) is 56.7 Å². The highest BCUT2D eigenvalue weighted by Gasteiger charge is 2.25. The number of hydrogen-bond acceptors (Lipinski definition) is 4. The molecule has 0 saturated heterocycles. The van der Waals surface area contributed by atoms with Gasteiger partial charge in [0.25, 0.3) is 0 Å². The first kappa shape index (κ1) is 40.3. The molecular weight excluding hydrogens is 829 g/mol. The van der Waals surface area contributed by atoms with Gasteiger partial charge in [-0.25, -0.2) is 15.0 Å². The van der Waals surface area contributed by atoms with Crippen LogP contribution in [0, 0.1) is 0 Å². The minimum absolute atomic E-state index is 0.558. The van der Waals surface area contributed by atoms with E-state index < -0.39 is 0 Å². The van der Waals surface area contributed by atoms with Crippen LogP contribution in [0.1, 0.15) is 5.56 Å². The Labute approximate surface area is 394 Å². The first-order valence-corrected chi connectivity index (χ1v) is 22.7. The number of allylic oxidation sites excluding steroid dienone is 4. The highest BCUT2D eigenvalue weighted by Crippen LogP contribution is 2.46. The van der Waals surface area contributed by atoms with E-state index in [4.69, 9.17) is 19.4 Å². The molecule has 320 valence electrons. The molecule has 0 aliphatic carbocycles. The molecule has 9 aromatic carbocycles. The summed E-state index contributed by atoms with van der Waals surface area (Å²) in [6.45, 7) is 7.93. The first-order valence-electron chi connectivity index (χ1n) is 22.7. The van der Waals surface area contributed by atoms with Crippen LogP contribution in [0.4, 0.5) is 0 Å². The van der Waals surface area contributed by atoms with Gasteiger partial charge in [0.1, 0.15) is 5.58 Å². The Morgan fingerprint density at radius 2 is 0.912 bits per heavy atom. The number of benzene rings is 9. The number of para-hydroxylation sites is 2. The summed E-state index contributed by atoms with van der Waals surface area (Å²) in [7, 11) is 0. The molecule has 3 aromatic heterocycles. The van der Waals surface area contributed by atoms with Gasteiger partial charge in [0.05, 0.1) is 16.7 Å². The van der Waals surface area contributed by atoms with Crippen molar-refractivity contribution in [3.63, 3.8) is 0 Å². The average molecular weight is 871 g/mol. The van der Waals surface area contributed by atoms with E-state index in [9.17, 15) is 0 Å². The number of nitrogens with zero attached hydrogens (tertiary/aromatic N) is 4. The van der Waals surface area contributed by atoms with Crippen molar-refractivity contribution in [3.8, 4) is 73.2 Å². The predicted molar refractivity (Wildman–Crippen MR) is 282 cm³/mol. The summed E-state index contributed by atoms with van der Waals surface area (Å²) in [5, 5.41) is 4.42. The maximum Gasteiger partial charge on any atom is 0.164 e. The van der Waals surface area contributed by atoms with Gasteiger partial charge in [0.15, 0.2) is 23.1 Å². The van der Waals surface area contributed by atoms with E-state index in [1.807, 2.05) is 24.3 Å². The SMILES string of the molecule is C=C/C=C(\C=C)c1ccc(-c2nc(-c3ccc(-c4ccccc4)cc3)nc(-c3cc(-c4ccccc4)c(-n4c5ccccc5c5ccc6c7ccccc7oc6c54)c(-c4ccccc4)c3)n2)cc1. The number of fused-ring (bicyclic) bond motifs is 7. The normalized spacial score (nSPS) is 11.7. The van der Waals surface area contributed by atoms with Crippen LogP contribution in [0.25, 0.3) is 123 Å². The van der Waals surface area contributed by atoms with Crippen LogP contribution < -0.4 is 0 Å². The molecule has 0 radical (unpaired) electrons. The number of hydrogen-bond donors (Lipinski definition) is 0. The lowest BCUT2D eigenvalue weighted by Gasteiger charge is -2.21. The van der Waals surface area contributed by atoms with Crippen molar-refractivity contribution < 1.29 is 4.42 Å². The largest absolute Gasteiger partial charge is 0.454 e. The summed E-state index contributed by atoms with van der Waals surface area (Å²) < 4.78 is 9.28. The third-order valence-corrected chi connectivity index (χ3v) is 12.8. The van der Waals surface area contributed by atoms with Gasteiger partial charge in [-0.2, -0.15) is 0 Å². The second kappa shape index (κ2) is 17.0. The zero-order valence-corrected chi connectivity index (χ0v) is 37.1. The van der Waals surface area contributed by atoms with Crippen molar-refractivity contribution >= 4 is 49.3 Å². The van der Waals surface area contributed by atoms with Crippen LogP contribution in [0.2, 0.25) is 0 Å². The van der Waals surface area contributed by atoms with E-state index in [0.29, 0.717) is 17.5 Å².